The predicted octanol–water partition coefficient (Wildman–Crippen LogP) is 1.75. The van der Waals surface area contributed by atoms with Crippen molar-refractivity contribution in [2.75, 3.05) is 13.2 Å². The van der Waals surface area contributed by atoms with Gasteiger partial charge in [0, 0.05) is 13.1 Å². The van der Waals surface area contributed by atoms with Crippen LogP contribution >= 0.6 is 11.6 Å². The zero-order valence-corrected chi connectivity index (χ0v) is 12.9. The van der Waals surface area contributed by atoms with E-state index in [0.29, 0.717) is 17.5 Å². The second kappa shape index (κ2) is 6.25. The van der Waals surface area contributed by atoms with Gasteiger partial charge in [0.15, 0.2) is 5.65 Å². The Labute approximate surface area is 128 Å². The second-order valence-electron chi connectivity index (χ2n) is 5.59. The van der Waals surface area contributed by atoms with Crippen molar-refractivity contribution in [3.63, 3.8) is 0 Å². The van der Waals surface area contributed by atoms with E-state index in [2.05, 4.69) is 20.0 Å². The first-order valence-corrected chi connectivity index (χ1v) is 7.76. The van der Waals surface area contributed by atoms with Gasteiger partial charge in [-0.3, -0.25) is 9.58 Å². The van der Waals surface area contributed by atoms with E-state index in [9.17, 15) is 5.11 Å². The predicted molar refractivity (Wildman–Crippen MR) is 81.1 cm³/mol. The Morgan fingerprint density at radius 3 is 3.00 bits per heavy atom. The van der Waals surface area contributed by atoms with Crippen LogP contribution in [0, 0.1) is 0 Å². The molecule has 0 bridgehead atoms. The molecule has 21 heavy (non-hydrogen) atoms. The molecule has 0 aliphatic carbocycles. The number of hydrogen-bond acceptors (Lipinski definition) is 5. The number of fused-ring (bicyclic) bond motifs is 1. The van der Waals surface area contributed by atoms with Crippen LogP contribution in [0.4, 0.5) is 0 Å². The van der Waals surface area contributed by atoms with Crippen molar-refractivity contribution < 1.29 is 5.11 Å². The second-order valence-corrected chi connectivity index (χ2v) is 5.95. The molecule has 0 spiro atoms. The Balaban J connectivity index is 1.87. The van der Waals surface area contributed by atoms with Crippen molar-refractivity contribution in [3.8, 4) is 0 Å². The van der Waals surface area contributed by atoms with Crippen molar-refractivity contribution >= 4 is 22.6 Å². The van der Waals surface area contributed by atoms with E-state index in [1.165, 1.54) is 12.8 Å². The molecule has 0 aromatic carbocycles. The zero-order chi connectivity index (χ0) is 14.8. The van der Waals surface area contributed by atoms with Gasteiger partial charge in [-0.25, -0.2) is 9.97 Å². The maximum absolute atomic E-state index is 9.58. The topological polar surface area (TPSA) is 67.1 Å². The van der Waals surface area contributed by atoms with E-state index in [1.807, 2.05) is 7.05 Å². The summed E-state index contributed by atoms with van der Waals surface area (Å²) in [6, 6.07) is 0.192. The molecule has 1 saturated heterocycles. The molecule has 2 aromatic rings. The van der Waals surface area contributed by atoms with Gasteiger partial charge in [-0.05, 0) is 19.4 Å². The molecule has 1 N–H and O–H groups in total. The fraction of sp³-hybridized carbons (Fsp3) is 0.643. The first-order valence-electron chi connectivity index (χ1n) is 7.38. The SMILES string of the molecule is Cn1ncc2c(Cl)nc(CN3CCCCCC3CO)nc21. The Morgan fingerprint density at radius 2 is 2.19 bits per heavy atom. The van der Waals surface area contributed by atoms with E-state index in [4.69, 9.17) is 11.6 Å². The van der Waals surface area contributed by atoms with Crippen molar-refractivity contribution in [2.24, 2.45) is 7.05 Å². The molecule has 3 heterocycles. The zero-order valence-electron chi connectivity index (χ0n) is 12.2. The summed E-state index contributed by atoms with van der Waals surface area (Å²) in [7, 11) is 1.85. The minimum Gasteiger partial charge on any atom is -0.395 e. The van der Waals surface area contributed by atoms with Crippen molar-refractivity contribution in [1.29, 1.82) is 0 Å². The summed E-state index contributed by atoms with van der Waals surface area (Å²) in [6.07, 6.45) is 6.25. The molecule has 3 rings (SSSR count). The molecule has 1 aliphatic heterocycles. The van der Waals surface area contributed by atoms with E-state index >= 15 is 0 Å². The number of aryl methyl sites for hydroxylation is 1. The lowest BCUT2D eigenvalue weighted by atomic mass is 10.1. The quantitative estimate of drug-likeness (QED) is 0.875. The Kier molecular flexibility index (Phi) is 4.37. The summed E-state index contributed by atoms with van der Waals surface area (Å²) in [5.74, 6) is 0.691. The lowest BCUT2D eigenvalue weighted by Crippen LogP contribution is -2.37. The average molecular weight is 310 g/mol. The fourth-order valence-corrected chi connectivity index (χ4v) is 3.16. The summed E-state index contributed by atoms with van der Waals surface area (Å²) >= 11 is 6.22. The van der Waals surface area contributed by atoms with E-state index in [1.54, 1.807) is 10.9 Å². The summed E-state index contributed by atoms with van der Waals surface area (Å²) < 4.78 is 1.71. The third-order valence-electron chi connectivity index (χ3n) is 4.15. The molecule has 0 amide bonds. The van der Waals surface area contributed by atoms with Crippen LogP contribution in [0.15, 0.2) is 6.20 Å². The normalized spacial score (nSPS) is 20.8. The number of nitrogens with zero attached hydrogens (tertiary/aromatic N) is 5. The van der Waals surface area contributed by atoms with Crippen LogP contribution in [0.3, 0.4) is 0 Å². The van der Waals surface area contributed by atoms with Gasteiger partial charge < -0.3 is 5.11 Å². The molecule has 1 fully saturated rings. The van der Waals surface area contributed by atoms with E-state index < -0.39 is 0 Å². The average Bonchev–Trinajstić information content (AvgIpc) is 2.71. The molecule has 6 nitrogen and oxygen atoms in total. The van der Waals surface area contributed by atoms with Crippen LogP contribution in [0.1, 0.15) is 31.5 Å². The summed E-state index contributed by atoms with van der Waals surface area (Å²) in [6.45, 7) is 1.77. The van der Waals surface area contributed by atoms with Crippen molar-refractivity contribution in [3.05, 3.63) is 17.2 Å². The fourth-order valence-electron chi connectivity index (χ4n) is 2.93. The number of aliphatic hydroxyl groups is 1. The highest BCUT2D eigenvalue weighted by Crippen LogP contribution is 2.22. The third-order valence-corrected chi connectivity index (χ3v) is 4.43. The van der Waals surface area contributed by atoms with Crippen molar-refractivity contribution in [2.45, 2.75) is 38.3 Å². The van der Waals surface area contributed by atoms with Gasteiger partial charge in [0.05, 0.1) is 24.7 Å². The van der Waals surface area contributed by atoms with Gasteiger partial charge in [-0.15, -0.1) is 0 Å². The summed E-state index contributed by atoms with van der Waals surface area (Å²) in [4.78, 5) is 11.2. The van der Waals surface area contributed by atoms with Crippen LogP contribution < -0.4 is 0 Å². The minimum absolute atomic E-state index is 0.182. The number of aromatic nitrogens is 4. The molecule has 0 radical (unpaired) electrons. The highest BCUT2D eigenvalue weighted by molar-refractivity contribution is 6.33. The first kappa shape index (κ1) is 14.7. The largest absolute Gasteiger partial charge is 0.395 e. The van der Waals surface area contributed by atoms with E-state index in [0.717, 1.165) is 30.4 Å². The number of likely N-dealkylation sites (tertiary alicyclic amines) is 1. The maximum Gasteiger partial charge on any atom is 0.162 e. The van der Waals surface area contributed by atoms with Gasteiger partial charge >= 0.3 is 0 Å². The lowest BCUT2D eigenvalue weighted by molar-refractivity contribution is 0.116. The van der Waals surface area contributed by atoms with Crippen LogP contribution in [0.25, 0.3) is 11.0 Å². The Bertz CT molecular complexity index is 629. The van der Waals surface area contributed by atoms with Crippen molar-refractivity contribution in [1.82, 2.24) is 24.6 Å². The lowest BCUT2D eigenvalue weighted by Gasteiger charge is -2.27. The highest BCUT2D eigenvalue weighted by atomic mass is 35.5. The molecular formula is C14H20ClN5O. The number of hydrogen-bond donors (Lipinski definition) is 1. The monoisotopic (exact) mass is 309 g/mol. The van der Waals surface area contributed by atoms with E-state index in [-0.39, 0.29) is 12.6 Å². The van der Waals surface area contributed by atoms with Gasteiger partial charge in [-0.2, -0.15) is 5.10 Å². The molecule has 114 valence electrons. The number of rotatable bonds is 3. The molecule has 1 aliphatic rings. The first-order chi connectivity index (χ1) is 10.2. The molecule has 1 unspecified atom stereocenters. The summed E-state index contributed by atoms with van der Waals surface area (Å²) in [5.41, 5.74) is 0.750. The van der Waals surface area contributed by atoms with Crippen LogP contribution in [0.2, 0.25) is 5.15 Å². The Hall–Kier alpha value is -1.24. The molecule has 0 saturated carbocycles. The summed E-state index contributed by atoms with van der Waals surface area (Å²) in [5, 5.41) is 15.0. The maximum atomic E-state index is 9.58. The number of halogens is 1. The van der Waals surface area contributed by atoms with Gasteiger partial charge in [0.25, 0.3) is 0 Å². The van der Waals surface area contributed by atoms with Crippen LogP contribution in [-0.2, 0) is 13.6 Å². The van der Waals surface area contributed by atoms with Crippen LogP contribution in [-0.4, -0.2) is 48.9 Å². The Morgan fingerprint density at radius 1 is 1.33 bits per heavy atom. The molecule has 7 heteroatoms. The smallest absolute Gasteiger partial charge is 0.162 e. The molecule has 1 atom stereocenters. The third kappa shape index (κ3) is 3.02. The highest BCUT2D eigenvalue weighted by Gasteiger charge is 2.22. The minimum atomic E-state index is 0.182. The van der Waals surface area contributed by atoms with Gasteiger partial charge in [-0.1, -0.05) is 24.4 Å². The molecule has 2 aromatic heterocycles. The van der Waals surface area contributed by atoms with Crippen LogP contribution in [0.5, 0.6) is 0 Å². The standard InChI is InChI=1S/C14H20ClN5O/c1-19-14-11(7-16-19)13(15)17-12(18-14)8-20-6-4-2-3-5-10(20)9-21/h7,10,21H,2-6,8-9H2,1H3. The van der Waals surface area contributed by atoms with Gasteiger partial charge in [0.2, 0.25) is 0 Å². The van der Waals surface area contributed by atoms with Gasteiger partial charge in [0.1, 0.15) is 11.0 Å². The number of aliphatic hydroxyl groups excluding tert-OH is 1. The molecular weight excluding hydrogens is 290 g/mol.